The number of fused-ring (bicyclic) bond motifs is 2. The van der Waals surface area contributed by atoms with Gasteiger partial charge in [0.2, 0.25) is 5.91 Å². The highest BCUT2D eigenvalue weighted by Crippen LogP contribution is 2.61. The maximum atomic E-state index is 12.1. The minimum atomic E-state index is -0.878. The molecule has 2 aliphatic carbocycles. The van der Waals surface area contributed by atoms with E-state index in [1.165, 1.54) is 11.1 Å². The van der Waals surface area contributed by atoms with Crippen LogP contribution in [0.5, 0.6) is 0 Å². The molecule has 19 heavy (non-hydrogen) atoms. The monoisotopic (exact) mass is 259 g/mol. The molecule has 2 atom stereocenters. The van der Waals surface area contributed by atoms with Crippen molar-refractivity contribution in [1.82, 2.24) is 5.32 Å². The number of carbonyl (C=O) groups excluding carboxylic acids is 1. The highest BCUT2D eigenvalue weighted by molar-refractivity contribution is 5.85. The number of hydrogen-bond acceptors (Lipinski definition) is 2. The van der Waals surface area contributed by atoms with Crippen LogP contribution < -0.4 is 5.32 Å². The van der Waals surface area contributed by atoms with Crippen molar-refractivity contribution in [3.05, 3.63) is 35.4 Å². The fourth-order valence-electron chi connectivity index (χ4n) is 3.36. The second-order valence-electron chi connectivity index (χ2n) is 5.50. The highest BCUT2D eigenvalue weighted by atomic mass is 16.4. The molecule has 2 aliphatic rings. The molecular formula is C15H17NO3. The molecule has 1 amide bonds. The fourth-order valence-corrected chi connectivity index (χ4v) is 3.36. The van der Waals surface area contributed by atoms with Crippen molar-refractivity contribution in [3.8, 4) is 0 Å². The Morgan fingerprint density at radius 3 is 2.95 bits per heavy atom. The van der Waals surface area contributed by atoms with Crippen molar-refractivity contribution >= 4 is 11.9 Å². The van der Waals surface area contributed by atoms with Gasteiger partial charge < -0.3 is 10.4 Å². The summed E-state index contributed by atoms with van der Waals surface area (Å²) in [7, 11) is 0. The molecule has 4 heteroatoms. The van der Waals surface area contributed by atoms with E-state index in [-0.39, 0.29) is 30.2 Å². The molecule has 1 aromatic carbocycles. The first-order valence-corrected chi connectivity index (χ1v) is 6.71. The van der Waals surface area contributed by atoms with E-state index in [1.54, 1.807) is 0 Å². The van der Waals surface area contributed by atoms with Crippen LogP contribution in [-0.4, -0.2) is 23.5 Å². The third-order valence-corrected chi connectivity index (χ3v) is 4.42. The lowest BCUT2D eigenvalue weighted by Crippen LogP contribution is -2.29. The Bertz CT molecular complexity index is 540. The number of aryl methyl sites for hydroxylation is 1. The molecule has 1 spiro atoms. The van der Waals surface area contributed by atoms with E-state index in [9.17, 15) is 9.59 Å². The predicted octanol–water partition coefficient (Wildman–Crippen LogP) is 1.48. The van der Waals surface area contributed by atoms with E-state index >= 15 is 0 Å². The number of aliphatic carboxylic acids is 1. The van der Waals surface area contributed by atoms with E-state index in [2.05, 4.69) is 17.4 Å². The van der Waals surface area contributed by atoms with Gasteiger partial charge in [-0.1, -0.05) is 24.3 Å². The minimum Gasteiger partial charge on any atom is -0.481 e. The van der Waals surface area contributed by atoms with E-state index in [1.807, 2.05) is 12.1 Å². The second-order valence-corrected chi connectivity index (χ2v) is 5.50. The number of rotatable bonds is 4. The van der Waals surface area contributed by atoms with Crippen LogP contribution >= 0.6 is 0 Å². The Hall–Kier alpha value is -1.84. The van der Waals surface area contributed by atoms with Gasteiger partial charge in [-0.25, -0.2) is 0 Å². The lowest BCUT2D eigenvalue weighted by molar-refractivity contribution is -0.136. The van der Waals surface area contributed by atoms with Crippen molar-refractivity contribution in [2.45, 2.75) is 31.1 Å². The third kappa shape index (κ3) is 2.01. The average Bonchev–Trinajstić information content (AvgIpc) is 3.00. The Balaban J connectivity index is 1.65. The van der Waals surface area contributed by atoms with Gasteiger partial charge >= 0.3 is 5.97 Å². The molecule has 4 nitrogen and oxygen atoms in total. The van der Waals surface area contributed by atoms with Gasteiger partial charge in [0, 0.05) is 17.9 Å². The topological polar surface area (TPSA) is 66.4 Å². The largest absolute Gasteiger partial charge is 0.481 e. The maximum Gasteiger partial charge on any atom is 0.305 e. The van der Waals surface area contributed by atoms with Crippen LogP contribution in [-0.2, 0) is 21.4 Å². The Morgan fingerprint density at radius 2 is 2.16 bits per heavy atom. The molecule has 0 saturated heterocycles. The molecule has 0 heterocycles. The zero-order valence-electron chi connectivity index (χ0n) is 10.7. The summed E-state index contributed by atoms with van der Waals surface area (Å²) in [5.74, 6) is -0.833. The first-order chi connectivity index (χ1) is 9.13. The molecular weight excluding hydrogens is 242 g/mol. The average molecular weight is 259 g/mol. The van der Waals surface area contributed by atoms with Gasteiger partial charge in [-0.05, 0) is 30.4 Å². The fraction of sp³-hybridized carbons (Fsp3) is 0.467. The number of benzene rings is 1. The summed E-state index contributed by atoms with van der Waals surface area (Å²) >= 11 is 0. The smallest absolute Gasteiger partial charge is 0.305 e. The van der Waals surface area contributed by atoms with E-state index in [0.29, 0.717) is 0 Å². The van der Waals surface area contributed by atoms with Gasteiger partial charge in [0.05, 0.1) is 6.42 Å². The zero-order valence-corrected chi connectivity index (χ0v) is 10.7. The summed E-state index contributed by atoms with van der Waals surface area (Å²) in [4.78, 5) is 22.5. The summed E-state index contributed by atoms with van der Waals surface area (Å²) in [5, 5.41) is 11.3. The SMILES string of the molecule is O=C(O)CCNC(=O)C1CC12CCc1ccccc12. The summed E-state index contributed by atoms with van der Waals surface area (Å²) in [6.07, 6.45) is 2.99. The molecule has 3 rings (SSSR count). The molecule has 2 unspecified atom stereocenters. The van der Waals surface area contributed by atoms with Crippen LogP contribution in [0.3, 0.4) is 0 Å². The van der Waals surface area contributed by atoms with Crippen molar-refractivity contribution in [2.24, 2.45) is 5.92 Å². The number of nitrogens with one attached hydrogen (secondary N) is 1. The van der Waals surface area contributed by atoms with Crippen LogP contribution in [0.4, 0.5) is 0 Å². The number of carbonyl (C=O) groups is 2. The predicted molar refractivity (Wildman–Crippen MR) is 69.8 cm³/mol. The Labute approximate surface area is 111 Å². The summed E-state index contributed by atoms with van der Waals surface area (Å²) < 4.78 is 0. The maximum absolute atomic E-state index is 12.1. The number of hydrogen-bond donors (Lipinski definition) is 2. The van der Waals surface area contributed by atoms with Gasteiger partial charge in [-0.15, -0.1) is 0 Å². The van der Waals surface area contributed by atoms with E-state index < -0.39 is 5.97 Å². The molecule has 1 aromatic rings. The quantitative estimate of drug-likeness (QED) is 0.860. The molecule has 0 aliphatic heterocycles. The van der Waals surface area contributed by atoms with Crippen LogP contribution in [0, 0.1) is 5.92 Å². The molecule has 1 fully saturated rings. The van der Waals surface area contributed by atoms with Gasteiger partial charge in [-0.3, -0.25) is 9.59 Å². The standard InChI is InChI=1S/C15H17NO3/c17-13(18)6-8-16-14(19)12-9-15(12)7-5-10-3-1-2-4-11(10)15/h1-4,12H,5-9H2,(H,16,19)(H,17,18). The number of carboxylic acids is 1. The van der Waals surface area contributed by atoms with Crippen molar-refractivity contribution in [1.29, 1.82) is 0 Å². The van der Waals surface area contributed by atoms with E-state index in [0.717, 1.165) is 19.3 Å². The van der Waals surface area contributed by atoms with Gasteiger partial charge in [-0.2, -0.15) is 0 Å². The molecule has 100 valence electrons. The van der Waals surface area contributed by atoms with Gasteiger partial charge in [0.25, 0.3) is 0 Å². The number of amides is 1. The molecule has 1 saturated carbocycles. The van der Waals surface area contributed by atoms with Crippen molar-refractivity contribution in [3.63, 3.8) is 0 Å². The third-order valence-electron chi connectivity index (χ3n) is 4.42. The lowest BCUT2D eigenvalue weighted by atomic mass is 9.95. The molecule has 0 radical (unpaired) electrons. The normalized spacial score (nSPS) is 27.1. The Morgan fingerprint density at radius 1 is 1.37 bits per heavy atom. The van der Waals surface area contributed by atoms with Crippen molar-refractivity contribution < 1.29 is 14.7 Å². The first kappa shape index (κ1) is 12.2. The lowest BCUT2D eigenvalue weighted by Gasteiger charge is -2.11. The number of carboxylic acid groups (broad SMARTS) is 1. The molecule has 0 bridgehead atoms. The van der Waals surface area contributed by atoms with Gasteiger partial charge in [0.1, 0.15) is 0 Å². The van der Waals surface area contributed by atoms with Gasteiger partial charge in [0.15, 0.2) is 0 Å². The highest BCUT2D eigenvalue weighted by Gasteiger charge is 2.61. The summed E-state index contributed by atoms with van der Waals surface area (Å²) in [6.45, 7) is 0.225. The van der Waals surface area contributed by atoms with Crippen LogP contribution in [0.2, 0.25) is 0 Å². The van der Waals surface area contributed by atoms with Crippen molar-refractivity contribution in [2.75, 3.05) is 6.54 Å². The summed E-state index contributed by atoms with van der Waals surface area (Å²) in [5.41, 5.74) is 2.74. The van der Waals surface area contributed by atoms with E-state index in [4.69, 9.17) is 5.11 Å². The molecule has 0 aromatic heterocycles. The van der Waals surface area contributed by atoms with Crippen LogP contribution in [0.15, 0.2) is 24.3 Å². The second kappa shape index (κ2) is 4.37. The molecule has 2 N–H and O–H groups in total. The minimum absolute atomic E-state index is 0.0119. The van der Waals surface area contributed by atoms with Crippen LogP contribution in [0.25, 0.3) is 0 Å². The van der Waals surface area contributed by atoms with Crippen LogP contribution in [0.1, 0.15) is 30.4 Å². The zero-order chi connectivity index (χ0) is 13.5. The first-order valence-electron chi connectivity index (χ1n) is 6.71. The summed E-state index contributed by atoms with van der Waals surface area (Å²) in [6, 6.07) is 8.35. The Kier molecular flexibility index (Phi) is 2.81.